The van der Waals surface area contributed by atoms with E-state index < -0.39 is 6.43 Å². The molecule has 0 heterocycles. The number of rotatable bonds is 2. The van der Waals surface area contributed by atoms with Crippen LogP contribution in [-0.2, 0) is 6.54 Å². The molecule has 0 unspecified atom stereocenters. The SMILES string of the molecule is NCc1ccc(C(F)F)c(Br)c1. The molecule has 0 spiro atoms. The second-order valence-corrected chi connectivity index (χ2v) is 3.22. The van der Waals surface area contributed by atoms with Crippen LogP contribution < -0.4 is 5.73 Å². The lowest BCUT2D eigenvalue weighted by atomic mass is 10.1. The molecule has 0 amide bonds. The molecule has 0 aliphatic heterocycles. The molecule has 0 bridgehead atoms. The fourth-order valence-corrected chi connectivity index (χ4v) is 1.47. The summed E-state index contributed by atoms with van der Waals surface area (Å²) in [7, 11) is 0. The molecule has 0 aromatic heterocycles. The zero-order valence-electron chi connectivity index (χ0n) is 6.23. The predicted octanol–water partition coefficient (Wildman–Crippen LogP) is 2.85. The summed E-state index contributed by atoms with van der Waals surface area (Å²) in [5, 5.41) is 0. The maximum absolute atomic E-state index is 12.2. The highest BCUT2D eigenvalue weighted by atomic mass is 79.9. The lowest BCUT2D eigenvalue weighted by molar-refractivity contribution is 0.150. The average Bonchev–Trinajstić information content (AvgIpc) is 2.03. The largest absolute Gasteiger partial charge is 0.326 e. The van der Waals surface area contributed by atoms with Crippen molar-refractivity contribution in [1.82, 2.24) is 0 Å². The van der Waals surface area contributed by atoms with Crippen molar-refractivity contribution < 1.29 is 8.78 Å². The quantitative estimate of drug-likeness (QED) is 0.839. The number of halogens is 3. The zero-order valence-corrected chi connectivity index (χ0v) is 7.81. The van der Waals surface area contributed by atoms with E-state index in [2.05, 4.69) is 15.9 Å². The van der Waals surface area contributed by atoms with E-state index in [4.69, 9.17) is 5.73 Å². The molecule has 1 aromatic rings. The zero-order chi connectivity index (χ0) is 9.14. The summed E-state index contributed by atoms with van der Waals surface area (Å²) in [4.78, 5) is 0. The molecule has 1 nitrogen and oxygen atoms in total. The van der Waals surface area contributed by atoms with E-state index in [1.54, 1.807) is 12.1 Å². The van der Waals surface area contributed by atoms with E-state index in [9.17, 15) is 8.78 Å². The number of hydrogen-bond donors (Lipinski definition) is 1. The molecule has 1 aromatic carbocycles. The Morgan fingerprint density at radius 2 is 2.08 bits per heavy atom. The van der Waals surface area contributed by atoms with Gasteiger partial charge in [0.1, 0.15) is 0 Å². The summed E-state index contributed by atoms with van der Waals surface area (Å²) < 4.78 is 24.8. The second kappa shape index (κ2) is 3.96. The fourth-order valence-electron chi connectivity index (χ4n) is 0.875. The van der Waals surface area contributed by atoms with Crippen LogP contribution in [0.5, 0.6) is 0 Å². The topological polar surface area (TPSA) is 26.0 Å². The maximum atomic E-state index is 12.2. The minimum atomic E-state index is -2.44. The first-order chi connectivity index (χ1) is 5.65. The van der Waals surface area contributed by atoms with Gasteiger partial charge in [-0.05, 0) is 11.6 Å². The predicted molar refractivity (Wildman–Crippen MR) is 47.0 cm³/mol. The summed E-state index contributed by atoms with van der Waals surface area (Å²) >= 11 is 3.05. The van der Waals surface area contributed by atoms with Crippen LogP contribution in [0.15, 0.2) is 22.7 Å². The molecule has 0 fully saturated rings. The van der Waals surface area contributed by atoms with Crippen molar-refractivity contribution in [1.29, 1.82) is 0 Å². The molecule has 66 valence electrons. The molecule has 0 aliphatic rings. The number of benzene rings is 1. The molecule has 2 N–H and O–H groups in total. The molecule has 12 heavy (non-hydrogen) atoms. The molecule has 0 saturated heterocycles. The molecular weight excluding hydrogens is 228 g/mol. The van der Waals surface area contributed by atoms with Crippen LogP contribution >= 0.6 is 15.9 Å². The Labute approximate surface area is 77.7 Å². The van der Waals surface area contributed by atoms with E-state index in [-0.39, 0.29) is 5.56 Å². The Balaban J connectivity index is 3.03. The van der Waals surface area contributed by atoms with Crippen LogP contribution in [0.25, 0.3) is 0 Å². The van der Waals surface area contributed by atoms with Crippen molar-refractivity contribution in [2.75, 3.05) is 0 Å². The summed E-state index contributed by atoms with van der Waals surface area (Å²) in [6, 6.07) is 4.60. The molecule has 0 radical (unpaired) electrons. The van der Waals surface area contributed by atoms with Crippen molar-refractivity contribution in [3.05, 3.63) is 33.8 Å². The minimum Gasteiger partial charge on any atom is -0.326 e. The third kappa shape index (κ3) is 2.01. The van der Waals surface area contributed by atoms with E-state index in [0.717, 1.165) is 5.56 Å². The fraction of sp³-hybridized carbons (Fsp3) is 0.250. The van der Waals surface area contributed by atoms with Gasteiger partial charge in [0.25, 0.3) is 6.43 Å². The van der Waals surface area contributed by atoms with Gasteiger partial charge >= 0.3 is 0 Å². The normalized spacial score (nSPS) is 10.8. The Hall–Kier alpha value is -0.480. The van der Waals surface area contributed by atoms with Gasteiger partial charge in [-0.3, -0.25) is 0 Å². The van der Waals surface area contributed by atoms with Gasteiger partial charge in [0.15, 0.2) is 0 Å². The first kappa shape index (κ1) is 9.61. The van der Waals surface area contributed by atoms with Crippen LogP contribution in [0.1, 0.15) is 17.6 Å². The molecule has 0 aliphatic carbocycles. The van der Waals surface area contributed by atoms with Crippen LogP contribution in [-0.4, -0.2) is 0 Å². The Morgan fingerprint density at radius 3 is 2.50 bits per heavy atom. The molecule has 4 heteroatoms. The first-order valence-corrected chi connectivity index (χ1v) is 4.21. The van der Waals surface area contributed by atoms with Gasteiger partial charge in [-0.2, -0.15) is 0 Å². The second-order valence-electron chi connectivity index (χ2n) is 2.36. The van der Waals surface area contributed by atoms with Crippen molar-refractivity contribution >= 4 is 15.9 Å². The standard InChI is InChI=1S/C8H8BrF2N/c9-7-3-5(4-12)1-2-6(7)8(10)11/h1-3,8H,4,12H2. The van der Waals surface area contributed by atoms with Crippen LogP contribution in [0.2, 0.25) is 0 Å². The highest BCUT2D eigenvalue weighted by Gasteiger charge is 2.10. The highest BCUT2D eigenvalue weighted by Crippen LogP contribution is 2.27. The molecular formula is C8H8BrF2N. The van der Waals surface area contributed by atoms with E-state index in [1.165, 1.54) is 6.07 Å². The van der Waals surface area contributed by atoms with Gasteiger partial charge < -0.3 is 5.73 Å². The summed E-state index contributed by atoms with van der Waals surface area (Å²) in [5.74, 6) is 0. The van der Waals surface area contributed by atoms with Gasteiger partial charge in [-0.25, -0.2) is 8.78 Å². The van der Waals surface area contributed by atoms with Crippen LogP contribution in [0, 0.1) is 0 Å². The number of alkyl halides is 2. The smallest absolute Gasteiger partial charge is 0.264 e. The Kier molecular flexibility index (Phi) is 3.17. The van der Waals surface area contributed by atoms with E-state index in [0.29, 0.717) is 11.0 Å². The van der Waals surface area contributed by atoms with E-state index in [1.807, 2.05) is 0 Å². The monoisotopic (exact) mass is 235 g/mol. The molecule has 1 rings (SSSR count). The summed E-state index contributed by atoms with van der Waals surface area (Å²) in [5.41, 5.74) is 6.18. The van der Waals surface area contributed by atoms with Crippen molar-refractivity contribution in [3.63, 3.8) is 0 Å². The van der Waals surface area contributed by atoms with E-state index >= 15 is 0 Å². The van der Waals surface area contributed by atoms with Gasteiger partial charge in [-0.15, -0.1) is 0 Å². The average molecular weight is 236 g/mol. The number of nitrogens with two attached hydrogens (primary N) is 1. The third-order valence-corrected chi connectivity index (χ3v) is 2.22. The van der Waals surface area contributed by atoms with Gasteiger partial charge in [-0.1, -0.05) is 28.1 Å². The molecule has 0 saturated carbocycles. The van der Waals surface area contributed by atoms with Crippen LogP contribution in [0.4, 0.5) is 8.78 Å². The van der Waals surface area contributed by atoms with Crippen LogP contribution in [0.3, 0.4) is 0 Å². The number of hydrogen-bond acceptors (Lipinski definition) is 1. The third-order valence-electron chi connectivity index (χ3n) is 1.54. The Morgan fingerprint density at radius 1 is 1.42 bits per heavy atom. The van der Waals surface area contributed by atoms with Crippen molar-refractivity contribution in [3.8, 4) is 0 Å². The van der Waals surface area contributed by atoms with Crippen molar-refractivity contribution in [2.45, 2.75) is 13.0 Å². The summed E-state index contributed by atoms with van der Waals surface area (Å²) in [6.07, 6.45) is -2.44. The molecule has 0 atom stereocenters. The van der Waals surface area contributed by atoms with Gasteiger partial charge in [0.2, 0.25) is 0 Å². The minimum absolute atomic E-state index is 0.00667. The summed E-state index contributed by atoms with van der Waals surface area (Å²) in [6.45, 7) is 0.363. The highest BCUT2D eigenvalue weighted by molar-refractivity contribution is 9.10. The van der Waals surface area contributed by atoms with Gasteiger partial charge in [0, 0.05) is 16.6 Å². The van der Waals surface area contributed by atoms with Gasteiger partial charge in [0.05, 0.1) is 0 Å². The van der Waals surface area contributed by atoms with Crippen molar-refractivity contribution in [2.24, 2.45) is 5.73 Å². The first-order valence-electron chi connectivity index (χ1n) is 3.41. The maximum Gasteiger partial charge on any atom is 0.264 e. The lowest BCUT2D eigenvalue weighted by Crippen LogP contribution is -1.97. The lowest BCUT2D eigenvalue weighted by Gasteiger charge is -2.04. The Bertz CT molecular complexity index is 276.